The molecule has 2 unspecified atom stereocenters. The molecule has 0 fully saturated rings. The van der Waals surface area contributed by atoms with Gasteiger partial charge in [0, 0.05) is 22.3 Å². The maximum absolute atomic E-state index is 11.9. The van der Waals surface area contributed by atoms with Gasteiger partial charge in [-0.1, -0.05) is 32.4 Å². The fourth-order valence-electron chi connectivity index (χ4n) is 1.53. The van der Waals surface area contributed by atoms with Gasteiger partial charge in [0.05, 0.1) is 12.7 Å². The molecule has 0 N–H and O–H groups in total. The summed E-state index contributed by atoms with van der Waals surface area (Å²) < 4.78 is 16.5. The summed E-state index contributed by atoms with van der Waals surface area (Å²) in [7, 11) is 0.522. The maximum Gasteiger partial charge on any atom is 0.337 e. The molecular weight excluding hydrogens is 248 g/mol. The number of rotatable bonds is 6. The summed E-state index contributed by atoms with van der Waals surface area (Å²) >= 11 is 0. The zero-order valence-electron chi connectivity index (χ0n) is 11.1. The number of esters is 1. The first kappa shape index (κ1) is 14.9. The smallest absolute Gasteiger partial charge is 0.337 e. The quantitative estimate of drug-likeness (QED) is 0.745. The number of benzene rings is 1. The van der Waals surface area contributed by atoms with Crippen LogP contribution in [0.25, 0.3) is 0 Å². The lowest BCUT2D eigenvalue weighted by molar-refractivity contribution is 0.0600. The molecule has 3 nitrogen and oxygen atoms in total. The van der Waals surface area contributed by atoms with E-state index in [4.69, 9.17) is 0 Å². The van der Waals surface area contributed by atoms with Crippen molar-refractivity contribution in [2.24, 2.45) is 5.92 Å². The van der Waals surface area contributed by atoms with Gasteiger partial charge in [0.25, 0.3) is 0 Å². The van der Waals surface area contributed by atoms with Crippen LogP contribution in [0, 0.1) is 5.92 Å². The minimum atomic E-state index is -0.836. The molecule has 4 heteroatoms. The summed E-state index contributed by atoms with van der Waals surface area (Å²) in [6.45, 7) is 4.21. The fraction of sp³-hybridized carbons (Fsp3) is 0.500. The average molecular weight is 268 g/mol. The lowest BCUT2D eigenvalue weighted by atomic mass is 10.1. The number of carbonyl (C=O) groups excluding carboxylic acids is 1. The van der Waals surface area contributed by atoms with Crippen LogP contribution in [0.1, 0.15) is 36.2 Å². The third kappa shape index (κ3) is 4.61. The minimum Gasteiger partial charge on any atom is -0.465 e. The van der Waals surface area contributed by atoms with Crippen molar-refractivity contribution in [3.05, 3.63) is 35.4 Å². The first-order valence-corrected chi connectivity index (χ1v) is 7.57. The molecule has 0 aromatic heterocycles. The highest BCUT2D eigenvalue weighted by atomic mass is 32.2. The van der Waals surface area contributed by atoms with E-state index in [0.717, 1.165) is 17.7 Å². The van der Waals surface area contributed by atoms with Crippen LogP contribution in [-0.2, 0) is 21.3 Å². The molecule has 0 aliphatic heterocycles. The molecule has 0 spiro atoms. The van der Waals surface area contributed by atoms with Crippen LogP contribution in [-0.4, -0.2) is 23.0 Å². The van der Waals surface area contributed by atoms with Gasteiger partial charge < -0.3 is 4.74 Å². The summed E-state index contributed by atoms with van der Waals surface area (Å²) in [5.74, 6) is 1.42. The first-order valence-electron chi connectivity index (χ1n) is 6.09. The Morgan fingerprint density at radius 3 is 2.44 bits per heavy atom. The van der Waals surface area contributed by atoms with E-state index in [9.17, 15) is 9.00 Å². The van der Waals surface area contributed by atoms with Crippen molar-refractivity contribution < 1.29 is 13.7 Å². The van der Waals surface area contributed by atoms with Crippen LogP contribution in [0.4, 0.5) is 0 Å². The molecule has 0 radical (unpaired) electrons. The zero-order valence-corrected chi connectivity index (χ0v) is 12.0. The van der Waals surface area contributed by atoms with Gasteiger partial charge >= 0.3 is 5.97 Å². The molecule has 2 atom stereocenters. The fourth-order valence-corrected chi connectivity index (χ4v) is 3.09. The predicted molar refractivity (Wildman–Crippen MR) is 73.9 cm³/mol. The molecular formula is C14H20O3S. The van der Waals surface area contributed by atoms with Gasteiger partial charge in [-0.15, -0.1) is 0 Å². The summed E-state index contributed by atoms with van der Waals surface area (Å²) in [6, 6.07) is 7.09. The number of carbonyl (C=O) groups is 1. The first-order chi connectivity index (χ1) is 8.56. The molecule has 0 aliphatic carbocycles. The van der Waals surface area contributed by atoms with Crippen LogP contribution in [0.15, 0.2) is 24.3 Å². The molecule has 0 heterocycles. The largest absolute Gasteiger partial charge is 0.465 e. The van der Waals surface area contributed by atoms with Gasteiger partial charge in [0.1, 0.15) is 0 Å². The summed E-state index contributed by atoms with van der Waals surface area (Å²) in [4.78, 5) is 11.2. The van der Waals surface area contributed by atoms with Crippen molar-refractivity contribution in [3.8, 4) is 0 Å². The average Bonchev–Trinajstić information content (AvgIpc) is 2.38. The standard InChI is InChI=1S/C14H20O3S/c1-4-11(2)9-18(16)10-12-5-7-13(8-6-12)14(15)17-3/h5-8,11H,4,9-10H2,1-3H3. The SMILES string of the molecule is CCC(C)CS(=O)Cc1ccc(C(=O)OC)cc1. The van der Waals surface area contributed by atoms with Crippen LogP contribution >= 0.6 is 0 Å². The zero-order chi connectivity index (χ0) is 13.5. The molecule has 0 aliphatic rings. The predicted octanol–water partition coefficient (Wildman–Crippen LogP) is 2.77. The second kappa shape index (κ2) is 7.31. The third-order valence-electron chi connectivity index (χ3n) is 2.87. The van der Waals surface area contributed by atoms with Gasteiger partial charge in [-0.3, -0.25) is 4.21 Å². The van der Waals surface area contributed by atoms with E-state index in [-0.39, 0.29) is 5.97 Å². The van der Waals surface area contributed by atoms with Gasteiger partial charge in [0.15, 0.2) is 0 Å². The van der Waals surface area contributed by atoms with Crippen molar-refractivity contribution in [2.45, 2.75) is 26.0 Å². The topological polar surface area (TPSA) is 43.4 Å². The van der Waals surface area contributed by atoms with Crippen molar-refractivity contribution in [3.63, 3.8) is 0 Å². The highest BCUT2D eigenvalue weighted by Gasteiger charge is 2.08. The summed E-state index contributed by atoms with van der Waals surface area (Å²) in [5, 5.41) is 0. The highest BCUT2D eigenvalue weighted by molar-refractivity contribution is 7.84. The molecule has 0 saturated carbocycles. The molecule has 0 amide bonds. The van der Waals surface area contributed by atoms with E-state index in [1.54, 1.807) is 12.1 Å². The van der Waals surface area contributed by atoms with Crippen molar-refractivity contribution in [1.82, 2.24) is 0 Å². The summed E-state index contributed by atoms with van der Waals surface area (Å²) in [5.41, 5.74) is 1.51. The molecule has 0 saturated heterocycles. The monoisotopic (exact) mass is 268 g/mol. The number of hydrogen-bond acceptors (Lipinski definition) is 3. The Hall–Kier alpha value is -1.16. The molecule has 0 bridgehead atoms. The van der Waals surface area contributed by atoms with Crippen molar-refractivity contribution in [1.29, 1.82) is 0 Å². The van der Waals surface area contributed by atoms with Gasteiger partial charge in [-0.25, -0.2) is 4.79 Å². The maximum atomic E-state index is 11.9. The van der Waals surface area contributed by atoms with Crippen LogP contribution < -0.4 is 0 Å². The van der Waals surface area contributed by atoms with Gasteiger partial charge in [-0.05, 0) is 23.6 Å². The second-order valence-corrected chi connectivity index (χ2v) is 5.95. The molecule has 18 heavy (non-hydrogen) atoms. The molecule has 1 aromatic carbocycles. The Kier molecular flexibility index (Phi) is 6.05. The van der Waals surface area contributed by atoms with Crippen molar-refractivity contribution >= 4 is 16.8 Å². The van der Waals surface area contributed by atoms with E-state index in [0.29, 0.717) is 17.2 Å². The number of hydrogen-bond donors (Lipinski definition) is 0. The highest BCUT2D eigenvalue weighted by Crippen LogP contribution is 2.10. The van der Waals surface area contributed by atoms with Crippen molar-refractivity contribution in [2.75, 3.05) is 12.9 Å². The van der Waals surface area contributed by atoms with E-state index in [2.05, 4.69) is 18.6 Å². The van der Waals surface area contributed by atoms with Crippen LogP contribution in [0.5, 0.6) is 0 Å². The van der Waals surface area contributed by atoms with Crippen LogP contribution in [0.2, 0.25) is 0 Å². The Morgan fingerprint density at radius 2 is 1.94 bits per heavy atom. The van der Waals surface area contributed by atoms with E-state index < -0.39 is 10.8 Å². The second-order valence-electron chi connectivity index (χ2n) is 4.45. The normalized spacial score (nSPS) is 13.9. The lowest BCUT2D eigenvalue weighted by Gasteiger charge is -2.08. The summed E-state index contributed by atoms with van der Waals surface area (Å²) in [6.07, 6.45) is 1.05. The Labute approximate surface area is 111 Å². The Balaban J connectivity index is 2.58. The molecule has 100 valence electrons. The molecule has 1 rings (SSSR count). The number of methoxy groups -OCH3 is 1. The Bertz CT molecular complexity index is 412. The lowest BCUT2D eigenvalue weighted by Crippen LogP contribution is -2.09. The van der Waals surface area contributed by atoms with Gasteiger partial charge in [0.2, 0.25) is 0 Å². The third-order valence-corrected chi connectivity index (χ3v) is 4.47. The van der Waals surface area contributed by atoms with Gasteiger partial charge in [-0.2, -0.15) is 0 Å². The Morgan fingerprint density at radius 1 is 1.33 bits per heavy atom. The number of ether oxygens (including phenoxy) is 1. The van der Waals surface area contributed by atoms with Crippen LogP contribution in [0.3, 0.4) is 0 Å². The van der Waals surface area contributed by atoms with E-state index in [1.165, 1.54) is 7.11 Å². The molecule has 1 aromatic rings. The van der Waals surface area contributed by atoms with E-state index >= 15 is 0 Å². The van der Waals surface area contributed by atoms with E-state index in [1.807, 2.05) is 12.1 Å². The minimum absolute atomic E-state index is 0.345.